The van der Waals surface area contributed by atoms with E-state index in [9.17, 15) is 12.8 Å². The fraction of sp³-hybridized carbons (Fsp3) is 0.400. The van der Waals surface area contributed by atoms with Gasteiger partial charge in [0.1, 0.15) is 10.7 Å². The van der Waals surface area contributed by atoms with Crippen molar-refractivity contribution >= 4 is 15.7 Å². The summed E-state index contributed by atoms with van der Waals surface area (Å²) in [4.78, 5) is 1.85. The van der Waals surface area contributed by atoms with Crippen molar-refractivity contribution in [1.29, 1.82) is 0 Å². The molecule has 6 nitrogen and oxygen atoms in total. The van der Waals surface area contributed by atoms with Crippen LogP contribution in [-0.2, 0) is 10.0 Å². The van der Waals surface area contributed by atoms with Crippen molar-refractivity contribution in [2.24, 2.45) is 0 Å². The van der Waals surface area contributed by atoms with Gasteiger partial charge >= 0.3 is 0 Å². The van der Waals surface area contributed by atoms with Gasteiger partial charge in [-0.1, -0.05) is 12.1 Å². The van der Waals surface area contributed by atoms with Crippen LogP contribution in [0.4, 0.5) is 10.1 Å². The molecule has 1 aliphatic heterocycles. The summed E-state index contributed by atoms with van der Waals surface area (Å²) >= 11 is 0. The predicted molar refractivity (Wildman–Crippen MR) is 85.4 cm³/mol. The first kappa shape index (κ1) is 15.9. The largest absolute Gasteiger partial charge is 0.366 e. The van der Waals surface area contributed by atoms with Crippen molar-refractivity contribution in [3.63, 3.8) is 0 Å². The standard InChI is InChI=1S/C15H19FN4O2S/c1-11-15(12(2)18-17-11)19-7-9-20(10-8-19)23(21,22)14-6-4-3-5-13(14)16/h3-6H,7-10H2,1-2H3,(H,17,18). The molecule has 0 atom stereocenters. The number of rotatable bonds is 3. The van der Waals surface area contributed by atoms with E-state index in [1.165, 1.54) is 28.6 Å². The smallest absolute Gasteiger partial charge is 0.246 e. The molecular weight excluding hydrogens is 319 g/mol. The van der Waals surface area contributed by atoms with Gasteiger partial charge in [0.05, 0.1) is 17.1 Å². The van der Waals surface area contributed by atoms with E-state index in [2.05, 4.69) is 15.1 Å². The Bertz CT molecular complexity index is 791. The molecule has 23 heavy (non-hydrogen) atoms. The molecule has 2 heterocycles. The number of nitrogens with zero attached hydrogens (tertiary/aromatic N) is 3. The molecular formula is C15H19FN4O2S. The lowest BCUT2D eigenvalue weighted by atomic mass is 10.2. The van der Waals surface area contributed by atoms with Crippen LogP contribution in [0.15, 0.2) is 29.2 Å². The minimum absolute atomic E-state index is 0.260. The molecule has 1 fully saturated rings. The molecule has 1 aromatic carbocycles. The van der Waals surface area contributed by atoms with E-state index >= 15 is 0 Å². The lowest BCUT2D eigenvalue weighted by molar-refractivity contribution is 0.382. The van der Waals surface area contributed by atoms with E-state index < -0.39 is 15.8 Å². The van der Waals surface area contributed by atoms with Crippen molar-refractivity contribution < 1.29 is 12.8 Å². The summed E-state index contributed by atoms with van der Waals surface area (Å²) in [5.74, 6) is -0.712. The first-order chi connectivity index (χ1) is 10.9. The Balaban J connectivity index is 1.78. The Hall–Kier alpha value is -1.93. The molecule has 0 unspecified atom stereocenters. The van der Waals surface area contributed by atoms with Gasteiger partial charge in [-0.25, -0.2) is 12.8 Å². The number of hydrogen-bond acceptors (Lipinski definition) is 4. The van der Waals surface area contributed by atoms with E-state index in [0.29, 0.717) is 26.2 Å². The SMILES string of the molecule is Cc1n[nH]c(C)c1N1CCN(S(=O)(=O)c2ccccc2F)CC1. The van der Waals surface area contributed by atoms with Crippen molar-refractivity contribution in [3.05, 3.63) is 41.5 Å². The third kappa shape index (κ3) is 2.84. The molecule has 124 valence electrons. The molecule has 0 aliphatic carbocycles. The van der Waals surface area contributed by atoms with Crippen LogP contribution in [0, 0.1) is 19.7 Å². The van der Waals surface area contributed by atoms with Crippen LogP contribution in [0.1, 0.15) is 11.4 Å². The van der Waals surface area contributed by atoms with Gasteiger partial charge in [-0.05, 0) is 26.0 Å². The topological polar surface area (TPSA) is 69.3 Å². The number of anilines is 1. The van der Waals surface area contributed by atoms with Gasteiger partial charge in [0, 0.05) is 26.2 Å². The van der Waals surface area contributed by atoms with Crippen LogP contribution < -0.4 is 4.90 Å². The normalized spacial score (nSPS) is 16.7. The predicted octanol–water partition coefficient (Wildman–Crippen LogP) is 1.68. The van der Waals surface area contributed by atoms with Gasteiger partial charge in [0.15, 0.2) is 0 Å². The van der Waals surface area contributed by atoms with Crippen molar-refractivity contribution in [2.45, 2.75) is 18.7 Å². The number of H-pyrrole nitrogens is 1. The molecule has 1 N–H and O–H groups in total. The van der Waals surface area contributed by atoms with Gasteiger partial charge < -0.3 is 4.90 Å². The summed E-state index contributed by atoms with van der Waals surface area (Å²) in [6.45, 7) is 5.60. The van der Waals surface area contributed by atoms with Crippen LogP contribution in [-0.4, -0.2) is 49.1 Å². The average molecular weight is 338 g/mol. The molecule has 3 rings (SSSR count). The number of aromatic amines is 1. The maximum atomic E-state index is 13.8. The third-order valence-corrected chi connectivity index (χ3v) is 6.03. The van der Waals surface area contributed by atoms with Crippen molar-refractivity contribution in [1.82, 2.24) is 14.5 Å². The molecule has 8 heteroatoms. The average Bonchev–Trinajstić information content (AvgIpc) is 2.86. The Labute approximate surface area is 135 Å². The van der Waals surface area contributed by atoms with Gasteiger partial charge in [0.2, 0.25) is 10.0 Å². The lowest BCUT2D eigenvalue weighted by Gasteiger charge is -2.35. The fourth-order valence-electron chi connectivity index (χ4n) is 2.96. The summed E-state index contributed by atoms with van der Waals surface area (Å²) < 4.78 is 40.3. The molecule has 1 saturated heterocycles. The molecule has 1 aliphatic rings. The third-order valence-electron chi connectivity index (χ3n) is 4.10. The van der Waals surface area contributed by atoms with Gasteiger partial charge in [0.25, 0.3) is 0 Å². The van der Waals surface area contributed by atoms with Crippen molar-refractivity contribution in [3.8, 4) is 0 Å². The highest BCUT2D eigenvalue weighted by Gasteiger charge is 2.31. The number of nitrogens with one attached hydrogen (secondary N) is 1. The van der Waals surface area contributed by atoms with Crippen LogP contribution in [0.2, 0.25) is 0 Å². The molecule has 0 spiro atoms. The minimum atomic E-state index is -3.80. The van der Waals surface area contributed by atoms with E-state index in [-0.39, 0.29) is 4.90 Å². The fourth-order valence-corrected chi connectivity index (χ4v) is 4.44. The summed E-state index contributed by atoms with van der Waals surface area (Å²) in [5, 5.41) is 7.11. The highest BCUT2D eigenvalue weighted by atomic mass is 32.2. The zero-order chi connectivity index (χ0) is 16.6. The van der Waals surface area contributed by atoms with E-state index in [1.807, 2.05) is 13.8 Å². The Morgan fingerprint density at radius 1 is 1.13 bits per heavy atom. The number of halogens is 1. The molecule has 0 bridgehead atoms. The number of sulfonamides is 1. The highest BCUT2D eigenvalue weighted by Crippen LogP contribution is 2.26. The van der Waals surface area contributed by atoms with E-state index in [1.54, 1.807) is 0 Å². The Morgan fingerprint density at radius 3 is 2.35 bits per heavy atom. The maximum Gasteiger partial charge on any atom is 0.246 e. The molecule has 0 amide bonds. The van der Waals surface area contributed by atoms with Gasteiger partial charge in [-0.15, -0.1) is 0 Å². The second kappa shape index (κ2) is 5.93. The van der Waals surface area contributed by atoms with Crippen molar-refractivity contribution in [2.75, 3.05) is 31.1 Å². The maximum absolute atomic E-state index is 13.8. The second-order valence-corrected chi connectivity index (χ2v) is 7.51. The Kier molecular flexibility index (Phi) is 4.11. The van der Waals surface area contributed by atoms with Crippen LogP contribution in [0.3, 0.4) is 0 Å². The lowest BCUT2D eigenvalue weighted by Crippen LogP contribution is -2.49. The summed E-state index contributed by atoms with van der Waals surface area (Å²) in [6, 6.07) is 5.49. The molecule has 0 radical (unpaired) electrons. The monoisotopic (exact) mass is 338 g/mol. The zero-order valence-electron chi connectivity index (χ0n) is 13.1. The zero-order valence-corrected chi connectivity index (χ0v) is 13.9. The second-order valence-electron chi connectivity index (χ2n) is 5.60. The van der Waals surface area contributed by atoms with Crippen LogP contribution in [0.25, 0.3) is 0 Å². The molecule has 1 aromatic heterocycles. The number of benzene rings is 1. The first-order valence-electron chi connectivity index (χ1n) is 7.42. The summed E-state index contributed by atoms with van der Waals surface area (Å²) in [6.07, 6.45) is 0. The van der Waals surface area contributed by atoms with Crippen LogP contribution >= 0.6 is 0 Å². The van der Waals surface area contributed by atoms with Gasteiger partial charge in [-0.2, -0.15) is 9.40 Å². The summed E-state index contributed by atoms with van der Waals surface area (Å²) in [7, 11) is -3.80. The van der Waals surface area contributed by atoms with E-state index in [0.717, 1.165) is 17.1 Å². The van der Waals surface area contributed by atoms with Gasteiger partial charge in [-0.3, -0.25) is 5.10 Å². The number of hydrogen-bond donors (Lipinski definition) is 1. The minimum Gasteiger partial charge on any atom is -0.366 e. The number of aromatic nitrogens is 2. The molecule has 2 aromatic rings. The molecule has 0 saturated carbocycles. The summed E-state index contributed by atoms with van der Waals surface area (Å²) in [5.41, 5.74) is 2.88. The first-order valence-corrected chi connectivity index (χ1v) is 8.86. The number of aryl methyl sites for hydroxylation is 2. The number of piperazine rings is 1. The highest BCUT2D eigenvalue weighted by molar-refractivity contribution is 7.89. The van der Waals surface area contributed by atoms with Crippen LogP contribution in [0.5, 0.6) is 0 Å². The van der Waals surface area contributed by atoms with E-state index in [4.69, 9.17) is 0 Å². The quantitative estimate of drug-likeness (QED) is 0.924. The Morgan fingerprint density at radius 2 is 1.78 bits per heavy atom.